The standard InChI is InChI=1S/C13H24N2O/c1-10(2)15(8-7-14)12(16)9-11(3)13(4,5)6/h10-11H,8-9H2,1-6H3. The van der Waals surface area contributed by atoms with Crippen LogP contribution in [-0.2, 0) is 4.79 Å². The minimum Gasteiger partial charge on any atom is -0.327 e. The molecule has 3 nitrogen and oxygen atoms in total. The Hall–Kier alpha value is -1.04. The van der Waals surface area contributed by atoms with E-state index in [1.54, 1.807) is 4.90 Å². The van der Waals surface area contributed by atoms with E-state index in [4.69, 9.17) is 5.26 Å². The molecule has 0 N–H and O–H groups in total. The Bertz CT molecular complexity index is 271. The van der Waals surface area contributed by atoms with E-state index in [2.05, 4.69) is 27.7 Å². The summed E-state index contributed by atoms with van der Waals surface area (Å²) in [5, 5.41) is 8.68. The molecule has 0 aromatic heterocycles. The molecule has 0 rings (SSSR count). The number of nitrogens with zero attached hydrogens (tertiary/aromatic N) is 2. The highest BCUT2D eigenvalue weighted by Crippen LogP contribution is 2.28. The number of hydrogen-bond acceptors (Lipinski definition) is 2. The highest BCUT2D eigenvalue weighted by Gasteiger charge is 2.25. The Labute approximate surface area is 99.4 Å². The molecule has 0 saturated heterocycles. The van der Waals surface area contributed by atoms with Gasteiger partial charge in [0.15, 0.2) is 0 Å². The second-order valence-corrected chi connectivity index (χ2v) is 5.74. The molecule has 0 bridgehead atoms. The Morgan fingerprint density at radius 1 is 1.31 bits per heavy atom. The van der Waals surface area contributed by atoms with Gasteiger partial charge < -0.3 is 4.90 Å². The SMILES string of the molecule is CC(C)N(CC#N)C(=O)CC(C)C(C)(C)C. The lowest BCUT2D eigenvalue weighted by atomic mass is 9.80. The maximum absolute atomic E-state index is 12.0. The predicted molar refractivity (Wildman–Crippen MR) is 65.7 cm³/mol. The van der Waals surface area contributed by atoms with Crippen molar-refractivity contribution >= 4 is 5.91 Å². The zero-order valence-electron chi connectivity index (χ0n) is 11.4. The molecule has 0 aromatic rings. The average molecular weight is 224 g/mol. The lowest BCUT2D eigenvalue weighted by Crippen LogP contribution is -2.39. The van der Waals surface area contributed by atoms with Gasteiger partial charge in [-0.1, -0.05) is 27.7 Å². The molecule has 0 saturated carbocycles. The van der Waals surface area contributed by atoms with E-state index in [-0.39, 0.29) is 23.9 Å². The first-order valence-corrected chi connectivity index (χ1v) is 5.86. The number of amides is 1. The third-order valence-electron chi connectivity index (χ3n) is 3.14. The van der Waals surface area contributed by atoms with Gasteiger partial charge in [0.25, 0.3) is 0 Å². The van der Waals surface area contributed by atoms with Crippen molar-refractivity contribution < 1.29 is 4.79 Å². The fourth-order valence-electron chi connectivity index (χ4n) is 1.32. The van der Waals surface area contributed by atoms with Crippen molar-refractivity contribution in [3.8, 4) is 6.07 Å². The average Bonchev–Trinajstić information content (AvgIpc) is 2.11. The molecule has 1 atom stereocenters. The van der Waals surface area contributed by atoms with Crippen LogP contribution in [0.1, 0.15) is 48.0 Å². The molecule has 0 radical (unpaired) electrons. The highest BCUT2D eigenvalue weighted by atomic mass is 16.2. The van der Waals surface area contributed by atoms with Crippen molar-refractivity contribution in [3.63, 3.8) is 0 Å². The lowest BCUT2D eigenvalue weighted by Gasteiger charge is -2.30. The van der Waals surface area contributed by atoms with Gasteiger partial charge in [-0.2, -0.15) is 5.26 Å². The Morgan fingerprint density at radius 3 is 2.12 bits per heavy atom. The summed E-state index contributed by atoms with van der Waals surface area (Å²) in [6, 6.07) is 2.14. The van der Waals surface area contributed by atoms with Crippen LogP contribution >= 0.6 is 0 Å². The van der Waals surface area contributed by atoms with Gasteiger partial charge in [-0.25, -0.2) is 0 Å². The molecule has 0 spiro atoms. The second-order valence-electron chi connectivity index (χ2n) is 5.74. The van der Waals surface area contributed by atoms with Crippen LogP contribution in [0.5, 0.6) is 0 Å². The van der Waals surface area contributed by atoms with E-state index in [0.29, 0.717) is 12.3 Å². The number of carbonyl (C=O) groups is 1. The van der Waals surface area contributed by atoms with Crippen LogP contribution in [0.3, 0.4) is 0 Å². The van der Waals surface area contributed by atoms with Crippen LogP contribution in [0.15, 0.2) is 0 Å². The number of carbonyl (C=O) groups excluding carboxylic acids is 1. The summed E-state index contributed by atoms with van der Waals surface area (Å²) in [5.41, 5.74) is 0.130. The van der Waals surface area contributed by atoms with Crippen molar-refractivity contribution in [2.45, 2.75) is 54.0 Å². The van der Waals surface area contributed by atoms with E-state index in [1.807, 2.05) is 19.9 Å². The summed E-state index contributed by atoms with van der Waals surface area (Å²) < 4.78 is 0. The number of nitriles is 1. The summed E-state index contributed by atoms with van der Waals surface area (Å²) >= 11 is 0. The Kier molecular flexibility index (Phi) is 5.50. The summed E-state index contributed by atoms with van der Waals surface area (Å²) in [6.45, 7) is 12.6. The van der Waals surface area contributed by atoms with Crippen molar-refractivity contribution in [2.75, 3.05) is 6.54 Å². The largest absolute Gasteiger partial charge is 0.327 e. The molecule has 0 heterocycles. The Morgan fingerprint density at radius 2 is 1.81 bits per heavy atom. The third kappa shape index (κ3) is 4.65. The second kappa shape index (κ2) is 5.89. The summed E-state index contributed by atoms with van der Waals surface area (Å²) in [4.78, 5) is 13.6. The van der Waals surface area contributed by atoms with Crippen LogP contribution in [0.25, 0.3) is 0 Å². The van der Waals surface area contributed by atoms with Gasteiger partial charge in [-0.3, -0.25) is 4.79 Å². The molecule has 1 amide bonds. The zero-order valence-corrected chi connectivity index (χ0v) is 11.4. The fourth-order valence-corrected chi connectivity index (χ4v) is 1.32. The summed E-state index contributed by atoms with van der Waals surface area (Å²) in [5.74, 6) is 0.402. The fraction of sp³-hybridized carbons (Fsp3) is 0.846. The predicted octanol–water partition coefficient (Wildman–Crippen LogP) is 2.82. The van der Waals surface area contributed by atoms with Crippen LogP contribution in [0, 0.1) is 22.7 Å². The first kappa shape index (κ1) is 15.0. The van der Waals surface area contributed by atoms with Crippen LogP contribution in [0.2, 0.25) is 0 Å². The molecule has 16 heavy (non-hydrogen) atoms. The molecule has 0 aromatic carbocycles. The topological polar surface area (TPSA) is 44.1 Å². The van der Waals surface area contributed by atoms with Gasteiger partial charge in [0.2, 0.25) is 5.91 Å². The van der Waals surface area contributed by atoms with E-state index >= 15 is 0 Å². The highest BCUT2D eigenvalue weighted by molar-refractivity contribution is 5.77. The van der Waals surface area contributed by atoms with Crippen molar-refractivity contribution in [3.05, 3.63) is 0 Å². The first-order valence-electron chi connectivity index (χ1n) is 5.86. The quantitative estimate of drug-likeness (QED) is 0.689. The van der Waals surface area contributed by atoms with Crippen LogP contribution < -0.4 is 0 Å². The first-order chi connectivity index (χ1) is 7.20. The van der Waals surface area contributed by atoms with Crippen molar-refractivity contribution in [2.24, 2.45) is 11.3 Å². The molecule has 0 aliphatic rings. The molecule has 0 aliphatic heterocycles. The van der Waals surface area contributed by atoms with Crippen molar-refractivity contribution in [1.29, 1.82) is 5.26 Å². The number of rotatable bonds is 4. The normalized spacial score (nSPS) is 13.4. The molecule has 0 fully saturated rings. The van der Waals surface area contributed by atoms with Gasteiger partial charge in [-0.15, -0.1) is 0 Å². The molecule has 1 unspecified atom stereocenters. The van der Waals surface area contributed by atoms with Gasteiger partial charge in [0.1, 0.15) is 6.54 Å². The van der Waals surface area contributed by atoms with E-state index in [9.17, 15) is 4.79 Å². The van der Waals surface area contributed by atoms with Gasteiger partial charge in [-0.05, 0) is 25.2 Å². The van der Waals surface area contributed by atoms with Gasteiger partial charge >= 0.3 is 0 Å². The zero-order chi connectivity index (χ0) is 12.9. The maximum Gasteiger partial charge on any atom is 0.223 e. The van der Waals surface area contributed by atoms with Crippen molar-refractivity contribution in [1.82, 2.24) is 4.90 Å². The van der Waals surface area contributed by atoms with E-state index < -0.39 is 0 Å². The van der Waals surface area contributed by atoms with Crippen LogP contribution in [0.4, 0.5) is 0 Å². The van der Waals surface area contributed by atoms with Crippen LogP contribution in [-0.4, -0.2) is 23.4 Å². The van der Waals surface area contributed by atoms with E-state index in [0.717, 1.165) is 0 Å². The summed E-state index contributed by atoms with van der Waals surface area (Å²) in [7, 11) is 0. The lowest BCUT2D eigenvalue weighted by molar-refractivity contribution is -0.133. The molecule has 92 valence electrons. The van der Waals surface area contributed by atoms with E-state index in [1.165, 1.54) is 0 Å². The molecular formula is C13H24N2O. The smallest absolute Gasteiger partial charge is 0.223 e. The summed E-state index contributed by atoms with van der Waals surface area (Å²) in [6.07, 6.45) is 0.517. The molecule has 3 heteroatoms. The maximum atomic E-state index is 12.0. The Balaban J connectivity index is 4.49. The third-order valence-corrected chi connectivity index (χ3v) is 3.14. The minimum absolute atomic E-state index is 0.0824. The molecule has 0 aliphatic carbocycles. The van der Waals surface area contributed by atoms with Gasteiger partial charge in [0, 0.05) is 12.5 Å². The number of hydrogen-bond donors (Lipinski definition) is 0. The minimum atomic E-state index is 0.0824. The monoisotopic (exact) mass is 224 g/mol. The van der Waals surface area contributed by atoms with Gasteiger partial charge in [0.05, 0.1) is 6.07 Å². The molecular weight excluding hydrogens is 200 g/mol.